The number of aromatic amines is 1. The molecule has 3 N–H and O–H groups in total. The van der Waals surface area contributed by atoms with Crippen molar-refractivity contribution in [1.29, 1.82) is 0 Å². The number of carboxylic acid groups (broad SMARTS) is 1. The fourth-order valence-corrected chi connectivity index (χ4v) is 2.30. The number of H-pyrrole nitrogens is 1. The fraction of sp³-hybridized carbons (Fsp3) is 0.360. The quantitative estimate of drug-likeness (QED) is 0.188. The number of hydrogen-bond acceptors (Lipinski definition) is 8. The summed E-state index contributed by atoms with van der Waals surface area (Å²) in [6.45, 7) is 13.6. The van der Waals surface area contributed by atoms with E-state index in [0.717, 1.165) is 12.3 Å². The zero-order valence-electron chi connectivity index (χ0n) is 21.2. The molecule has 0 spiro atoms. The monoisotopic (exact) mass is 534 g/mol. The molecular formula is C25H34N4O9. The van der Waals surface area contributed by atoms with Gasteiger partial charge in [0, 0.05) is 19.4 Å². The third-order valence-electron chi connectivity index (χ3n) is 3.58. The highest BCUT2D eigenvalue weighted by molar-refractivity contribution is 5.91. The van der Waals surface area contributed by atoms with Crippen molar-refractivity contribution in [2.45, 2.75) is 47.5 Å². The van der Waals surface area contributed by atoms with E-state index in [-0.39, 0.29) is 37.8 Å². The molecule has 2 aromatic heterocycles. The molecule has 0 aliphatic carbocycles. The topological polar surface area (TPSA) is 175 Å². The first-order valence-electron chi connectivity index (χ1n) is 10.5. The summed E-state index contributed by atoms with van der Waals surface area (Å²) >= 11 is 0. The summed E-state index contributed by atoms with van der Waals surface area (Å²) in [6.07, 6.45) is 1.97. The summed E-state index contributed by atoms with van der Waals surface area (Å²) in [5.74, 6) is -1.69. The molecule has 13 heteroatoms. The fourth-order valence-electron chi connectivity index (χ4n) is 2.30. The van der Waals surface area contributed by atoms with Crippen molar-refractivity contribution in [2.24, 2.45) is 0 Å². The van der Waals surface area contributed by atoms with Crippen molar-refractivity contribution in [3.05, 3.63) is 76.4 Å². The molecule has 0 aliphatic heterocycles. The number of methoxy groups -OCH3 is 1. The molecule has 0 atom stereocenters. The lowest BCUT2D eigenvalue weighted by atomic mass is 10.2. The van der Waals surface area contributed by atoms with E-state index in [1.54, 1.807) is 27.7 Å². The highest BCUT2D eigenvalue weighted by Gasteiger charge is 2.19. The number of esters is 1. The van der Waals surface area contributed by atoms with Crippen LogP contribution in [0.5, 0.6) is 0 Å². The van der Waals surface area contributed by atoms with E-state index in [1.807, 2.05) is 0 Å². The molecule has 38 heavy (non-hydrogen) atoms. The molecular weight excluding hydrogens is 500 g/mol. The second-order valence-corrected chi connectivity index (χ2v) is 7.66. The standard InChI is InChI=1S/C12H18N2O5.C7H8N2O4.C5H4.CH4/c1-12(2,3)19-11(17)13-8-5-9(10(15)16)14(6-8)7-18-4;1-2-13-7(10)6-3-5(4-8-6)9(11)12;1-3-5-4-2;/h5-6H,7H2,1-4H3,(H,13,17)(H,15,16);3-4,8H,2H2,1H3;1-2H2;1H4. The van der Waals surface area contributed by atoms with Gasteiger partial charge < -0.3 is 28.9 Å². The lowest BCUT2D eigenvalue weighted by molar-refractivity contribution is -0.384. The zero-order valence-corrected chi connectivity index (χ0v) is 21.2. The minimum atomic E-state index is -1.10. The predicted octanol–water partition coefficient (Wildman–Crippen LogP) is 5.14. The third kappa shape index (κ3) is 13.9. The minimum absolute atomic E-state index is 0. The summed E-state index contributed by atoms with van der Waals surface area (Å²) < 4.78 is 15.9. The van der Waals surface area contributed by atoms with Crippen LogP contribution < -0.4 is 5.32 Å². The summed E-state index contributed by atoms with van der Waals surface area (Å²) in [4.78, 5) is 45.7. The number of rotatable bonds is 7. The number of carbonyl (C=O) groups excluding carboxylic acids is 2. The Morgan fingerprint density at radius 2 is 1.84 bits per heavy atom. The summed E-state index contributed by atoms with van der Waals surface area (Å²) in [5, 5.41) is 21.7. The molecule has 0 radical (unpaired) electrons. The van der Waals surface area contributed by atoms with Gasteiger partial charge in [0.15, 0.2) is 0 Å². The maximum absolute atomic E-state index is 11.6. The van der Waals surface area contributed by atoms with Gasteiger partial charge in [-0.3, -0.25) is 15.4 Å². The van der Waals surface area contributed by atoms with Crippen LogP contribution in [0.4, 0.5) is 16.2 Å². The number of carboxylic acids is 1. The number of nitro groups is 1. The SMILES string of the molecule is C.C=C=C=C=C.CCOC(=O)c1cc([N+](=O)[O-])c[nH]1.COCn1cc(NC(=O)OC(C)(C)C)cc1C(=O)O. The number of amides is 1. The molecule has 0 aromatic carbocycles. The van der Waals surface area contributed by atoms with Gasteiger partial charge >= 0.3 is 18.0 Å². The maximum atomic E-state index is 11.6. The van der Waals surface area contributed by atoms with Crippen molar-refractivity contribution >= 4 is 29.4 Å². The van der Waals surface area contributed by atoms with E-state index in [2.05, 4.69) is 45.4 Å². The molecule has 0 saturated heterocycles. The largest absolute Gasteiger partial charge is 0.477 e. The van der Waals surface area contributed by atoms with Crippen LogP contribution in [0, 0.1) is 10.1 Å². The van der Waals surface area contributed by atoms with Gasteiger partial charge in [0.25, 0.3) is 5.69 Å². The van der Waals surface area contributed by atoms with E-state index < -0.39 is 28.6 Å². The average molecular weight is 535 g/mol. The second-order valence-electron chi connectivity index (χ2n) is 7.66. The average Bonchev–Trinajstić information content (AvgIpc) is 3.42. The van der Waals surface area contributed by atoms with Crippen LogP contribution in [0.25, 0.3) is 0 Å². The first-order chi connectivity index (χ1) is 17.3. The van der Waals surface area contributed by atoms with Crippen molar-refractivity contribution < 1.29 is 38.6 Å². The Kier molecular flexibility index (Phi) is 16.4. The van der Waals surface area contributed by atoms with Crippen molar-refractivity contribution in [1.82, 2.24) is 9.55 Å². The molecule has 13 nitrogen and oxygen atoms in total. The van der Waals surface area contributed by atoms with Crippen molar-refractivity contribution in [3.63, 3.8) is 0 Å². The normalized spacial score (nSPS) is 9.29. The Hall–Kier alpha value is -4.79. The second kappa shape index (κ2) is 17.6. The number of carbonyl (C=O) groups is 3. The minimum Gasteiger partial charge on any atom is -0.477 e. The van der Waals surface area contributed by atoms with Crippen molar-refractivity contribution in [2.75, 3.05) is 19.0 Å². The predicted molar refractivity (Wildman–Crippen MR) is 140 cm³/mol. The Morgan fingerprint density at radius 1 is 1.24 bits per heavy atom. The van der Waals surface area contributed by atoms with Gasteiger partial charge in [-0.15, -0.1) is 0 Å². The number of aromatic nitrogens is 2. The van der Waals surface area contributed by atoms with E-state index in [0.29, 0.717) is 5.69 Å². The Bertz CT molecular complexity index is 1180. The van der Waals surface area contributed by atoms with Gasteiger partial charge in [-0.05, 0) is 52.7 Å². The van der Waals surface area contributed by atoms with E-state index >= 15 is 0 Å². The highest BCUT2D eigenvalue weighted by Crippen LogP contribution is 2.16. The summed E-state index contributed by atoms with van der Waals surface area (Å²) in [7, 11) is 1.45. The lowest BCUT2D eigenvalue weighted by Crippen LogP contribution is -2.27. The highest BCUT2D eigenvalue weighted by atomic mass is 16.6. The summed E-state index contributed by atoms with van der Waals surface area (Å²) in [5.41, 5.74) is 6.76. The Balaban J connectivity index is 0. The van der Waals surface area contributed by atoms with Gasteiger partial charge in [0.2, 0.25) is 0 Å². The lowest BCUT2D eigenvalue weighted by Gasteiger charge is -2.19. The molecule has 0 bridgehead atoms. The van der Waals surface area contributed by atoms with Crippen molar-refractivity contribution in [3.8, 4) is 0 Å². The zero-order chi connectivity index (χ0) is 28.6. The Morgan fingerprint density at radius 3 is 2.24 bits per heavy atom. The van der Waals surface area contributed by atoms with E-state index in [4.69, 9.17) is 14.6 Å². The molecule has 208 valence electrons. The van der Waals surface area contributed by atoms with Crippen LogP contribution in [-0.2, 0) is 20.9 Å². The van der Waals surface area contributed by atoms with Gasteiger partial charge in [0.05, 0.1) is 23.4 Å². The van der Waals surface area contributed by atoms with E-state index in [9.17, 15) is 24.5 Å². The van der Waals surface area contributed by atoms with Crippen LogP contribution in [-0.4, -0.2) is 56.9 Å². The van der Waals surface area contributed by atoms with Gasteiger partial charge in [0.1, 0.15) is 23.7 Å². The first kappa shape index (κ1) is 35.4. The van der Waals surface area contributed by atoms with Crippen LogP contribution in [0.1, 0.15) is 56.1 Å². The molecule has 0 unspecified atom stereocenters. The van der Waals surface area contributed by atoms with E-state index in [1.165, 1.54) is 23.9 Å². The molecule has 0 aliphatic rings. The number of nitrogens with zero attached hydrogens (tertiary/aromatic N) is 2. The molecule has 0 fully saturated rings. The molecule has 1 amide bonds. The molecule has 0 saturated carbocycles. The van der Waals surface area contributed by atoms with Crippen LogP contribution >= 0.6 is 0 Å². The molecule has 2 heterocycles. The van der Waals surface area contributed by atoms with Crippen LogP contribution in [0.15, 0.2) is 54.9 Å². The Labute approximate surface area is 220 Å². The van der Waals surface area contributed by atoms with Gasteiger partial charge in [-0.1, -0.05) is 18.9 Å². The van der Waals surface area contributed by atoms with Crippen LogP contribution in [0.2, 0.25) is 0 Å². The van der Waals surface area contributed by atoms with Crippen LogP contribution in [0.3, 0.4) is 0 Å². The first-order valence-corrected chi connectivity index (χ1v) is 10.5. The number of hydrogen-bond donors (Lipinski definition) is 3. The summed E-state index contributed by atoms with van der Waals surface area (Å²) in [6, 6.07) is 2.48. The van der Waals surface area contributed by atoms with Gasteiger partial charge in [-0.2, -0.15) is 0 Å². The smallest absolute Gasteiger partial charge is 0.412 e. The number of anilines is 1. The number of aromatic carboxylic acids is 1. The number of nitrogens with one attached hydrogen (secondary N) is 2. The maximum Gasteiger partial charge on any atom is 0.412 e. The number of ether oxygens (including phenoxy) is 3. The van der Waals surface area contributed by atoms with Gasteiger partial charge in [-0.25, -0.2) is 14.4 Å². The third-order valence-corrected chi connectivity index (χ3v) is 3.58. The molecule has 2 aromatic rings. The molecule has 2 rings (SSSR count).